The van der Waals surface area contributed by atoms with Crippen LogP contribution in [0.5, 0.6) is 0 Å². The summed E-state index contributed by atoms with van der Waals surface area (Å²) < 4.78 is 11.2. The van der Waals surface area contributed by atoms with Crippen molar-refractivity contribution in [3.8, 4) is 0 Å². The Kier molecular flexibility index (Phi) is 5.36. The fourth-order valence-corrected chi connectivity index (χ4v) is 4.63. The van der Waals surface area contributed by atoms with Gasteiger partial charge in [0.15, 0.2) is 5.96 Å². The first-order valence-electron chi connectivity index (χ1n) is 8.53. The van der Waals surface area contributed by atoms with Crippen molar-refractivity contribution in [3.05, 3.63) is 29.8 Å². The minimum atomic E-state index is 0. The van der Waals surface area contributed by atoms with Crippen LogP contribution in [0.15, 0.2) is 29.3 Å². The summed E-state index contributed by atoms with van der Waals surface area (Å²) in [5.74, 6) is 1.07. The zero-order valence-corrected chi connectivity index (χ0v) is 16.4. The quantitative estimate of drug-likeness (QED) is 0.426. The molecule has 1 spiro atoms. The van der Waals surface area contributed by atoms with Gasteiger partial charge in [0.05, 0.1) is 18.8 Å². The van der Waals surface area contributed by atoms with Gasteiger partial charge in [0.25, 0.3) is 0 Å². The molecule has 4 rings (SSSR count). The highest BCUT2D eigenvalue weighted by molar-refractivity contribution is 14.0. The highest BCUT2D eigenvalue weighted by Crippen LogP contribution is 2.64. The van der Waals surface area contributed by atoms with Crippen molar-refractivity contribution < 1.29 is 9.47 Å². The third-order valence-electron chi connectivity index (χ3n) is 5.84. The van der Waals surface area contributed by atoms with Gasteiger partial charge in [0, 0.05) is 36.3 Å². The molecule has 3 fully saturated rings. The van der Waals surface area contributed by atoms with Crippen molar-refractivity contribution in [3.63, 3.8) is 0 Å². The summed E-state index contributed by atoms with van der Waals surface area (Å²) in [7, 11) is 1.70. The monoisotopic (exact) mass is 443 g/mol. The smallest absolute Gasteiger partial charge is 0.193 e. The fraction of sp³-hybridized carbons (Fsp3) is 0.611. The largest absolute Gasteiger partial charge is 0.380 e. The molecule has 1 aliphatic heterocycles. The van der Waals surface area contributed by atoms with Gasteiger partial charge >= 0.3 is 0 Å². The zero-order valence-electron chi connectivity index (χ0n) is 14.0. The van der Waals surface area contributed by atoms with E-state index in [-0.39, 0.29) is 29.4 Å². The first kappa shape index (κ1) is 17.9. The highest BCUT2D eigenvalue weighted by Gasteiger charge is 2.66. The molecule has 1 heterocycles. The summed E-state index contributed by atoms with van der Waals surface area (Å²) in [6, 6.07) is 8.37. The number of nitrogens with two attached hydrogens (primary N) is 1. The molecule has 24 heavy (non-hydrogen) atoms. The number of para-hydroxylation sites is 1. The standard InChI is InChI=1S/C18H25N3O2.HI/c1-22-11-12-5-2-3-6-14(12)20-17(19)21-15-13-7-10-23-16(13)18(15)8-4-9-18;/h2-3,5-6,13,15-16H,4,7-11H2,1H3,(H3,19,20,21);1H. The third-order valence-corrected chi connectivity index (χ3v) is 5.84. The summed E-state index contributed by atoms with van der Waals surface area (Å²) >= 11 is 0. The van der Waals surface area contributed by atoms with E-state index in [9.17, 15) is 0 Å². The second-order valence-corrected chi connectivity index (χ2v) is 7.00. The minimum absolute atomic E-state index is 0. The van der Waals surface area contributed by atoms with E-state index >= 15 is 0 Å². The van der Waals surface area contributed by atoms with Gasteiger partial charge in [-0.1, -0.05) is 24.6 Å². The Bertz CT molecular complexity index is 618. The van der Waals surface area contributed by atoms with E-state index in [1.54, 1.807) is 7.11 Å². The number of ether oxygens (including phenoxy) is 2. The molecule has 0 bridgehead atoms. The molecule has 132 valence electrons. The molecule has 0 aromatic heterocycles. The summed E-state index contributed by atoms with van der Waals surface area (Å²) in [4.78, 5) is 4.86. The molecular weight excluding hydrogens is 417 g/mol. The van der Waals surface area contributed by atoms with Crippen LogP contribution in [0.4, 0.5) is 5.69 Å². The van der Waals surface area contributed by atoms with E-state index in [2.05, 4.69) is 5.32 Å². The lowest BCUT2D eigenvalue weighted by atomic mass is 9.46. The van der Waals surface area contributed by atoms with Crippen LogP contribution >= 0.6 is 24.0 Å². The van der Waals surface area contributed by atoms with Gasteiger partial charge in [-0.15, -0.1) is 24.0 Å². The second kappa shape index (κ2) is 7.17. The third kappa shape index (κ3) is 2.82. The number of fused-ring (bicyclic) bond motifs is 2. The number of aliphatic imine (C=N–C) groups is 1. The van der Waals surface area contributed by atoms with Gasteiger partial charge in [-0.2, -0.15) is 0 Å². The van der Waals surface area contributed by atoms with Gasteiger partial charge < -0.3 is 20.5 Å². The fourth-order valence-electron chi connectivity index (χ4n) is 4.63. The van der Waals surface area contributed by atoms with Crippen LogP contribution in [0.3, 0.4) is 0 Å². The topological polar surface area (TPSA) is 68.9 Å². The van der Waals surface area contributed by atoms with E-state index < -0.39 is 0 Å². The van der Waals surface area contributed by atoms with Crippen LogP contribution in [-0.2, 0) is 16.1 Å². The highest BCUT2D eigenvalue weighted by atomic mass is 127. The molecule has 1 aromatic carbocycles. The molecule has 0 amide bonds. The summed E-state index contributed by atoms with van der Waals surface area (Å²) in [5.41, 5.74) is 8.55. The van der Waals surface area contributed by atoms with Crippen LogP contribution in [-0.4, -0.2) is 31.8 Å². The van der Waals surface area contributed by atoms with Crippen LogP contribution in [0.1, 0.15) is 31.2 Å². The Morgan fingerprint density at radius 3 is 2.92 bits per heavy atom. The second-order valence-electron chi connectivity index (χ2n) is 7.00. The van der Waals surface area contributed by atoms with Gasteiger partial charge in [-0.3, -0.25) is 0 Å². The Balaban J connectivity index is 0.00000169. The number of nitrogens with one attached hydrogen (secondary N) is 1. The average molecular weight is 443 g/mol. The predicted octanol–water partition coefficient (Wildman–Crippen LogP) is 3.14. The zero-order chi connectivity index (χ0) is 15.9. The molecule has 2 aliphatic carbocycles. The molecule has 0 radical (unpaired) electrons. The van der Waals surface area contributed by atoms with Crippen LogP contribution in [0.25, 0.3) is 0 Å². The molecule has 1 aromatic rings. The van der Waals surface area contributed by atoms with Crippen molar-refractivity contribution in [2.24, 2.45) is 22.1 Å². The molecule has 2 saturated carbocycles. The van der Waals surface area contributed by atoms with Gasteiger partial charge in [0.2, 0.25) is 0 Å². The predicted molar refractivity (Wildman–Crippen MR) is 106 cm³/mol. The van der Waals surface area contributed by atoms with E-state index in [0.29, 0.717) is 30.6 Å². The summed E-state index contributed by atoms with van der Waals surface area (Å²) in [6.45, 7) is 1.44. The lowest BCUT2D eigenvalue weighted by molar-refractivity contribution is -0.164. The Hall–Kier alpha value is -0.860. The van der Waals surface area contributed by atoms with Gasteiger partial charge in [-0.25, -0.2) is 4.99 Å². The molecule has 1 saturated heterocycles. The van der Waals surface area contributed by atoms with Crippen LogP contribution in [0.2, 0.25) is 0 Å². The number of methoxy groups -OCH3 is 1. The number of hydrogen-bond acceptors (Lipinski definition) is 3. The van der Waals surface area contributed by atoms with E-state index in [1.165, 1.54) is 19.3 Å². The van der Waals surface area contributed by atoms with Crippen molar-refractivity contribution in [2.45, 2.75) is 44.4 Å². The van der Waals surface area contributed by atoms with E-state index in [0.717, 1.165) is 24.3 Å². The number of anilines is 1. The van der Waals surface area contributed by atoms with Crippen molar-refractivity contribution in [2.75, 3.05) is 19.0 Å². The normalized spacial score (nSPS) is 30.0. The molecule has 3 atom stereocenters. The number of rotatable bonds is 4. The first-order valence-corrected chi connectivity index (χ1v) is 8.53. The van der Waals surface area contributed by atoms with Crippen molar-refractivity contribution >= 4 is 35.6 Å². The SMILES string of the molecule is COCc1ccccc1NC(N)=NC1C2CCOC2C12CCC2.I. The number of guanidine groups is 1. The number of halogens is 1. The Labute approximate surface area is 160 Å². The molecule has 6 heteroatoms. The maximum absolute atomic E-state index is 6.22. The lowest BCUT2D eigenvalue weighted by Gasteiger charge is -2.61. The van der Waals surface area contributed by atoms with Crippen LogP contribution in [0, 0.1) is 11.3 Å². The number of nitrogens with zero attached hydrogens (tertiary/aromatic N) is 1. The van der Waals surface area contributed by atoms with Crippen molar-refractivity contribution in [1.29, 1.82) is 0 Å². The van der Waals surface area contributed by atoms with E-state index in [4.69, 9.17) is 20.2 Å². The van der Waals surface area contributed by atoms with Crippen molar-refractivity contribution in [1.82, 2.24) is 0 Å². The number of benzene rings is 1. The maximum atomic E-state index is 6.22. The molecule has 3 unspecified atom stereocenters. The van der Waals surface area contributed by atoms with Gasteiger partial charge in [0.1, 0.15) is 0 Å². The van der Waals surface area contributed by atoms with Gasteiger partial charge in [-0.05, 0) is 25.3 Å². The first-order chi connectivity index (χ1) is 11.2. The average Bonchev–Trinajstić information content (AvgIpc) is 2.91. The lowest BCUT2D eigenvalue weighted by Crippen LogP contribution is -2.65. The Morgan fingerprint density at radius 1 is 1.42 bits per heavy atom. The molecule has 5 nitrogen and oxygen atoms in total. The molecule has 3 N–H and O–H groups in total. The molecular formula is C18H26IN3O2. The molecule has 3 aliphatic rings. The minimum Gasteiger partial charge on any atom is -0.380 e. The Morgan fingerprint density at radius 2 is 2.21 bits per heavy atom. The summed E-state index contributed by atoms with van der Waals surface area (Å²) in [5, 5.41) is 3.27. The maximum Gasteiger partial charge on any atom is 0.193 e. The number of hydrogen-bond donors (Lipinski definition) is 2. The van der Waals surface area contributed by atoms with Crippen LogP contribution < -0.4 is 11.1 Å². The van der Waals surface area contributed by atoms with E-state index in [1.807, 2.05) is 24.3 Å². The summed E-state index contributed by atoms with van der Waals surface area (Å²) in [6.07, 6.45) is 5.31.